The van der Waals surface area contributed by atoms with Gasteiger partial charge in [0.25, 0.3) is 0 Å². The zero-order valence-electron chi connectivity index (χ0n) is 15.0. The van der Waals surface area contributed by atoms with Crippen LogP contribution in [0.15, 0.2) is 10.7 Å². The second-order valence-corrected chi connectivity index (χ2v) is 8.08. The van der Waals surface area contributed by atoms with Crippen LogP contribution in [0.4, 0.5) is 5.82 Å². The topological polar surface area (TPSA) is 88.2 Å². The predicted octanol–water partition coefficient (Wildman–Crippen LogP) is 2.19. The molecule has 2 fully saturated rings. The van der Waals surface area contributed by atoms with Crippen molar-refractivity contribution in [3.63, 3.8) is 0 Å². The summed E-state index contributed by atoms with van der Waals surface area (Å²) in [5.74, 6) is 2.70. The maximum atomic E-state index is 11.1. The van der Waals surface area contributed by atoms with Crippen LogP contribution in [0.3, 0.4) is 0 Å². The van der Waals surface area contributed by atoms with Gasteiger partial charge in [0.15, 0.2) is 5.82 Å². The average Bonchev–Trinajstić information content (AvgIpc) is 3.41. The Morgan fingerprint density at radius 1 is 1.15 bits per heavy atom. The predicted molar refractivity (Wildman–Crippen MR) is 95.0 cm³/mol. The molecular weight excluding hydrogens is 330 g/mol. The van der Waals surface area contributed by atoms with Crippen molar-refractivity contribution >= 4 is 5.82 Å². The number of fused-ring (bicyclic) bond motifs is 1. The largest absolute Gasteiger partial charge is 0.388 e. The van der Waals surface area contributed by atoms with E-state index in [9.17, 15) is 5.11 Å². The number of hydrogen-bond acceptors (Lipinski definition) is 7. The number of anilines is 1. The van der Waals surface area contributed by atoms with Crippen LogP contribution in [0.25, 0.3) is 0 Å². The lowest BCUT2D eigenvalue weighted by Gasteiger charge is -2.39. The summed E-state index contributed by atoms with van der Waals surface area (Å²) in [5, 5.41) is 15.2. The first-order valence-corrected chi connectivity index (χ1v) is 9.83. The molecule has 3 heterocycles. The Bertz CT molecular complexity index is 803. The second-order valence-electron chi connectivity index (χ2n) is 8.08. The smallest absolute Gasteiger partial charge is 0.229 e. The van der Waals surface area contributed by atoms with Crippen LogP contribution in [0.5, 0.6) is 0 Å². The molecule has 1 unspecified atom stereocenters. The lowest BCUT2D eigenvalue weighted by atomic mass is 9.89. The van der Waals surface area contributed by atoms with Crippen molar-refractivity contribution in [1.82, 2.24) is 20.1 Å². The van der Waals surface area contributed by atoms with Crippen molar-refractivity contribution in [3.05, 3.63) is 29.3 Å². The first-order valence-electron chi connectivity index (χ1n) is 9.83. The highest BCUT2D eigenvalue weighted by Gasteiger charge is 2.37. The number of β-amino-alcohol motifs (C(OH)–C–C–N with tert-alkyl or cyclic N) is 1. The Morgan fingerprint density at radius 3 is 2.85 bits per heavy atom. The Labute approximate surface area is 152 Å². The van der Waals surface area contributed by atoms with Crippen LogP contribution in [-0.4, -0.2) is 43.9 Å². The van der Waals surface area contributed by atoms with E-state index in [0.717, 1.165) is 68.1 Å². The molecule has 26 heavy (non-hydrogen) atoms. The quantitative estimate of drug-likeness (QED) is 0.899. The molecule has 7 nitrogen and oxygen atoms in total. The fraction of sp³-hybridized carbons (Fsp3) is 0.684. The number of hydrogen-bond donors (Lipinski definition) is 1. The standard InChI is InChI=1S/C19H25N5O2/c25-19(10-17-22-18(23-26-17)13-6-7-13)8-3-9-24(12-19)16-11-20-14-4-1-2-5-15(14)21-16/h11,13,25H,1-10,12H2. The van der Waals surface area contributed by atoms with Gasteiger partial charge in [0.2, 0.25) is 5.89 Å². The highest BCUT2D eigenvalue weighted by atomic mass is 16.5. The Morgan fingerprint density at radius 2 is 2.00 bits per heavy atom. The summed E-state index contributed by atoms with van der Waals surface area (Å²) < 4.78 is 5.38. The summed E-state index contributed by atoms with van der Waals surface area (Å²) in [6, 6.07) is 0. The third kappa shape index (κ3) is 3.20. The molecule has 7 heteroatoms. The molecule has 1 saturated carbocycles. The molecule has 0 bridgehead atoms. The third-order valence-corrected chi connectivity index (χ3v) is 5.78. The first kappa shape index (κ1) is 16.2. The maximum Gasteiger partial charge on any atom is 0.229 e. The molecular formula is C19H25N5O2. The molecule has 0 spiro atoms. The van der Waals surface area contributed by atoms with Gasteiger partial charge in [-0.15, -0.1) is 0 Å². The van der Waals surface area contributed by atoms with Crippen LogP contribution in [0.1, 0.15) is 67.5 Å². The van der Waals surface area contributed by atoms with Crippen LogP contribution in [0, 0.1) is 0 Å². The van der Waals surface area contributed by atoms with Gasteiger partial charge in [-0.1, -0.05) is 5.16 Å². The van der Waals surface area contributed by atoms with Crippen molar-refractivity contribution in [3.8, 4) is 0 Å². The molecule has 138 valence electrons. The van der Waals surface area contributed by atoms with Gasteiger partial charge < -0.3 is 14.5 Å². The van der Waals surface area contributed by atoms with Crippen molar-refractivity contribution in [2.24, 2.45) is 0 Å². The van der Waals surface area contributed by atoms with E-state index in [4.69, 9.17) is 9.51 Å². The molecule has 2 aliphatic carbocycles. The van der Waals surface area contributed by atoms with E-state index in [-0.39, 0.29) is 0 Å². The fourth-order valence-electron chi connectivity index (χ4n) is 4.17. The van der Waals surface area contributed by atoms with Gasteiger partial charge in [0.1, 0.15) is 5.82 Å². The van der Waals surface area contributed by atoms with Gasteiger partial charge in [0.05, 0.1) is 29.6 Å². The number of aromatic nitrogens is 4. The molecule has 1 N–H and O–H groups in total. The first-order chi connectivity index (χ1) is 12.7. The Kier molecular flexibility index (Phi) is 3.92. The van der Waals surface area contributed by atoms with Crippen LogP contribution in [-0.2, 0) is 19.3 Å². The molecule has 0 aromatic carbocycles. The SMILES string of the molecule is OC1(Cc2nc(C3CC3)no2)CCCN(c2cnc3c(n2)CCCC3)C1. The van der Waals surface area contributed by atoms with Crippen molar-refractivity contribution < 1.29 is 9.63 Å². The Hall–Kier alpha value is -2.02. The van der Waals surface area contributed by atoms with E-state index in [1.807, 2.05) is 6.20 Å². The van der Waals surface area contributed by atoms with E-state index in [1.54, 1.807) is 0 Å². The van der Waals surface area contributed by atoms with Crippen LogP contribution >= 0.6 is 0 Å². The average molecular weight is 355 g/mol. The fourth-order valence-corrected chi connectivity index (χ4v) is 4.17. The van der Waals surface area contributed by atoms with E-state index in [0.29, 0.717) is 24.8 Å². The van der Waals surface area contributed by atoms with E-state index in [1.165, 1.54) is 12.8 Å². The molecule has 1 aliphatic heterocycles. The lowest BCUT2D eigenvalue weighted by molar-refractivity contribution is 0.0191. The molecule has 5 rings (SSSR count). The lowest BCUT2D eigenvalue weighted by Crippen LogP contribution is -2.50. The molecule has 1 atom stereocenters. The Balaban J connectivity index is 1.31. The molecule has 0 radical (unpaired) electrons. The minimum Gasteiger partial charge on any atom is -0.388 e. The zero-order valence-corrected chi connectivity index (χ0v) is 15.0. The molecule has 0 amide bonds. The van der Waals surface area contributed by atoms with Crippen molar-refractivity contribution in [2.75, 3.05) is 18.0 Å². The highest BCUT2D eigenvalue weighted by Crippen LogP contribution is 2.38. The van der Waals surface area contributed by atoms with Gasteiger partial charge >= 0.3 is 0 Å². The van der Waals surface area contributed by atoms with Gasteiger partial charge in [-0.25, -0.2) is 4.98 Å². The monoisotopic (exact) mass is 355 g/mol. The maximum absolute atomic E-state index is 11.1. The third-order valence-electron chi connectivity index (χ3n) is 5.78. The molecule has 2 aromatic rings. The summed E-state index contributed by atoms with van der Waals surface area (Å²) in [6.45, 7) is 1.43. The van der Waals surface area contributed by atoms with E-state index in [2.05, 4.69) is 20.0 Å². The van der Waals surface area contributed by atoms with Gasteiger partial charge in [-0.05, 0) is 51.4 Å². The zero-order chi connectivity index (χ0) is 17.6. The van der Waals surface area contributed by atoms with E-state index < -0.39 is 5.60 Å². The summed E-state index contributed by atoms with van der Waals surface area (Å²) in [5.41, 5.74) is 1.42. The summed E-state index contributed by atoms with van der Waals surface area (Å²) in [4.78, 5) is 16.1. The minimum absolute atomic E-state index is 0.404. The minimum atomic E-state index is -0.858. The number of aliphatic hydroxyl groups is 1. The number of nitrogens with zero attached hydrogens (tertiary/aromatic N) is 5. The number of aryl methyl sites for hydroxylation is 2. The summed E-state index contributed by atoms with van der Waals surface area (Å²) >= 11 is 0. The van der Waals surface area contributed by atoms with Crippen LogP contribution < -0.4 is 4.90 Å². The van der Waals surface area contributed by atoms with Crippen LogP contribution in [0.2, 0.25) is 0 Å². The summed E-state index contributed by atoms with van der Waals surface area (Å²) in [7, 11) is 0. The molecule has 2 aromatic heterocycles. The van der Waals surface area contributed by atoms with E-state index >= 15 is 0 Å². The summed E-state index contributed by atoms with van der Waals surface area (Å²) in [6.07, 6.45) is 10.7. The van der Waals surface area contributed by atoms with Crippen molar-refractivity contribution in [2.45, 2.75) is 69.3 Å². The highest BCUT2D eigenvalue weighted by molar-refractivity contribution is 5.40. The molecule has 1 saturated heterocycles. The number of piperidine rings is 1. The van der Waals surface area contributed by atoms with Gasteiger partial charge in [0, 0.05) is 19.0 Å². The second kappa shape index (κ2) is 6.30. The van der Waals surface area contributed by atoms with Gasteiger partial charge in [-0.3, -0.25) is 4.98 Å². The molecule has 3 aliphatic rings. The van der Waals surface area contributed by atoms with Crippen molar-refractivity contribution in [1.29, 1.82) is 0 Å². The van der Waals surface area contributed by atoms with Gasteiger partial charge in [-0.2, -0.15) is 4.98 Å². The normalized spacial score (nSPS) is 26.0. The number of rotatable bonds is 4.